The molecular formula is C36H20N4. The van der Waals surface area contributed by atoms with E-state index in [1.54, 1.807) is 0 Å². The summed E-state index contributed by atoms with van der Waals surface area (Å²) in [7, 11) is 0. The van der Waals surface area contributed by atoms with Crippen molar-refractivity contribution in [3.05, 3.63) is 121 Å². The predicted molar refractivity (Wildman–Crippen MR) is 166 cm³/mol. The van der Waals surface area contributed by atoms with Gasteiger partial charge in [0.05, 0.1) is 33.1 Å². The summed E-state index contributed by atoms with van der Waals surface area (Å²) in [5.74, 6) is 0.692. The van der Waals surface area contributed by atoms with Crippen molar-refractivity contribution in [2.45, 2.75) is 0 Å². The van der Waals surface area contributed by atoms with Crippen LogP contribution in [-0.2, 0) is 0 Å². The van der Waals surface area contributed by atoms with Crippen molar-refractivity contribution in [2.24, 2.45) is 0 Å². The van der Waals surface area contributed by atoms with E-state index in [1.165, 1.54) is 59.6 Å². The van der Waals surface area contributed by atoms with Crippen molar-refractivity contribution >= 4 is 81.6 Å². The van der Waals surface area contributed by atoms with E-state index in [2.05, 4.69) is 112 Å². The first-order valence-electron chi connectivity index (χ1n) is 13.6. The Hall–Kier alpha value is -5.48. The van der Waals surface area contributed by atoms with Gasteiger partial charge in [0.15, 0.2) is 0 Å². The molecule has 0 atom stereocenters. The van der Waals surface area contributed by atoms with Gasteiger partial charge in [-0.2, -0.15) is 0 Å². The second kappa shape index (κ2) is 7.13. The lowest BCUT2D eigenvalue weighted by atomic mass is 10.0. The van der Waals surface area contributed by atoms with Gasteiger partial charge in [0.25, 0.3) is 0 Å². The van der Waals surface area contributed by atoms with Gasteiger partial charge in [-0.25, -0.2) is 9.97 Å². The number of fused-ring (bicyclic) bond motifs is 13. The molecule has 0 fully saturated rings. The third kappa shape index (κ3) is 2.38. The molecule has 0 radical (unpaired) electrons. The van der Waals surface area contributed by atoms with E-state index >= 15 is 0 Å². The van der Waals surface area contributed by atoms with Crippen molar-refractivity contribution in [1.82, 2.24) is 18.9 Å². The standard InChI is InChI=1S/C36H20N4/c1-3-11-23-21(9-1)17-18-25-28-19-27-24-12-4-7-15-30(24)39-31-16-8-5-13-26(31)32(34(27)39)35(28)40(33(23)25)36-37-20-22-10-2-6-14-29(22)38-36/h1-20H. The van der Waals surface area contributed by atoms with Gasteiger partial charge in [-0.3, -0.25) is 4.57 Å². The molecule has 0 unspecified atom stereocenters. The van der Waals surface area contributed by atoms with Gasteiger partial charge in [-0.1, -0.05) is 91.0 Å². The molecule has 0 N–H and O–H groups in total. The molecule has 0 bridgehead atoms. The molecule has 0 saturated carbocycles. The van der Waals surface area contributed by atoms with Crippen molar-refractivity contribution in [3.63, 3.8) is 0 Å². The highest BCUT2D eigenvalue weighted by Gasteiger charge is 2.25. The maximum atomic E-state index is 5.14. The van der Waals surface area contributed by atoms with Crippen molar-refractivity contribution in [3.8, 4) is 5.95 Å². The molecule has 4 heterocycles. The van der Waals surface area contributed by atoms with Gasteiger partial charge >= 0.3 is 0 Å². The minimum atomic E-state index is 0.692. The third-order valence-corrected chi connectivity index (χ3v) is 8.66. The average Bonchev–Trinajstić information content (AvgIpc) is 3.65. The summed E-state index contributed by atoms with van der Waals surface area (Å²) in [6.07, 6.45) is 1.95. The lowest BCUT2D eigenvalue weighted by molar-refractivity contribution is 1.02. The smallest absolute Gasteiger partial charge is 0.235 e. The van der Waals surface area contributed by atoms with Crippen LogP contribution in [0, 0.1) is 0 Å². The van der Waals surface area contributed by atoms with Crippen LogP contribution in [-0.4, -0.2) is 18.9 Å². The summed E-state index contributed by atoms with van der Waals surface area (Å²) in [4.78, 5) is 10.1. The monoisotopic (exact) mass is 508 g/mol. The average molecular weight is 509 g/mol. The summed E-state index contributed by atoms with van der Waals surface area (Å²) in [5.41, 5.74) is 6.95. The fraction of sp³-hybridized carbons (Fsp3) is 0. The molecule has 0 aliphatic carbocycles. The molecule has 0 saturated heterocycles. The van der Waals surface area contributed by atoms with Crippen molar-refractivity contribution in [2.75, 3.05) is 0 Å². The molecule has 10 rings (SSSR count). The number of aromatic nitrogens is 4. The highest BCUT2D eigenvalue weighted by Crippen LogP contribution is 2.47. The Morgan fingerprint density at radius 2 is 1.15 bits per heavy atom. The zero-order valence-electron chi connectivity index (χ0n) is 21.3. The largest absolute Gasteiger partial charge is 0.308 e. The van der Waals surface area contributed by atoms with Gasteiger partial charge < -0.3 is 4.40 Å². The van der Waals surface area contributed by atoms with Crippen LogP contribution in [0.25, 0.3) is 87.5 Å². The topological polar surface area (TPSA) is 35.1 Å². The molecule has 4 heteroatoms. The summed E-state index contributed by atoms with van der Waals surface area (Å²) >= 11 is 0. The van der Waals surface area contributed by atoms with E-state index in [1.807, 2.05) is 18.3 Å². The van der Waals surface area contributed by atoms with Crippen LogP contribution in [0.3, 0.4) is 0 Å². The number of rotatable bonds is 1. The van der Waals surface area contributed by atoms with Crippen LogP contribution in [0.2, 0.25) is 0 Å². The Bertz CT molecular complexity index is 2660. The Labute approximate surface area is 227 Å². The normalized spacial score (nSPS) is 12.5. The molecule has 0 aliphatic rings. The number of para-hydroxylation sites is 3. The second-order valence-electron chi connectivity index (χ2n) is 10.7. The zero-order chi connectivity index (χ0) is 25.9. The summed E-state index contributed by atoms with van der Waals surface area (Å²) in [6.45, 7) is 0. The Morgan fingerprint density at radius 1 is 0.475 bits per heavy atom. The quantitative estimate of drug-likeness (QED) is 0.222. The van der Waals surface area contributed by atoms with Crippen LogP contribution in [0.1, 0.15) is 0 Å². The predicted octanol–water partition coefficient (Wildman–Crippen LogP) is 9.03. The van der Waals surface area contributed by atoms with E-state index in [-0.39, 0.29) is 0 Å². The molecule has 10 aromatic rings. The highest BCUT2D eigenvalue weighted by atomic mass is 15.2. The molecule has 40 heavy (non-hydrogen) atoms. The van der Waals surface area contributed by atoms with Crippen LogP contribution >= 0.6 is 0 Å². The maximum absolute atomic E-state index is 5.14. The van der Waals surface area contributed by atoms with Crippen LogP contribution in [0.5, 0.6) is 0 Å². The van der Waals surface area contributed by atoms with Gasteiger partial charge in [0, 0.05) is 49.3 Å². The third-order valence-electron chi connectivity index (χ3n) is 8.66. The molecule has 0 amide bonds. The minimum absolute atomic E-state index is 0.692. The maximum Gasteiger partial charge on any atom is 0.235 e. The van der Waals surface area contributed by atoms with E-state index in [4.69, 9.17) is 9.97 Å². The highest BCUT2D eigenvalue weighted by molar-refractivity contribution is 6.35. The van der Waals surface area contributed by atoms with Gasteiger partial charge in [-0.15, -0.1) is 0 Å². The SMILES string of the molecule is c1ccc2nc(-n3c4c5ccccc5ccc4c4cc5c6ccccc6n6c7ccccc7c(c43)c56)ncc2c1. The minimum Gasteiger partial charge on any atom is -0.308 e. The summed E-state index contributed by atoms with van der Waals surface area (Å²) in [6, 6.07) is 41.3. The number of hydrogen-bond donors (Lipinski definition) is 0. The molecule has 184 valence electrons. The number of benzene rings is 6. The van der Waals surface area contributed by atoms with Gasteiger partial charge in [0.2, 0.25) is 5.95 Å². The van der Waals surface area contributed by atoms with Crippen LogP contribution < -0.4 is 0 Å². The molecule has 0 spiro atoms. The van der Waals surface area contributed by atoms with Crippen LogP contribution in [0.4, 0.5) is 0 Å². The van der Waals surface area contributed by atoms with Crippen molar-refractivity contribution < 1.29 is 0 Å². The second-order valence-corrected chi connectivity index (χ2v) is 10.7. The Kier molecular flexibility index (Phi) is 3.65. The lowest BCUT2D eigenvalue weighted by Gasteiger charge is -2.10. The fourth-order valence-electron chi connectivity index (χ4n) is 7.04. The molecule has 0 aliphatic heterocycles. The number of hydrogen-bond acceptors (Lipinski definition) is 2. The van der Waals surface area contributed by atoms with E-state index in [0.717, 1.165) is 21.9 Å². The fourth-order valence-corrected chi connectivity index (χ4v) is 7.04. The molecule has 4 nitrogen and oxygen atoms in total. The Balaban J connectivity index is 1.55. The molecule has 6 aromatic carbocycles. The first-order valence-corrected chi connectivity index (χ1v) is 13.6. The summed E-state index contributed by atoms with van der Waals surface area (Å²) < 4.78 is 4.76. The lowest BCUT2D eigenvalue weighted by Crippen LogP contribution is -2.01. The zero-order valence-corrected chi connectivity index (χ0v) is 21.3. The van der Waals surface area contributed by atoms with E-state index in [0.29, 0.717) is 5.95 Å². The van der Waals surface area contributed by atoms with Crippen LogP contribution in [0.15, 0.2) is 121 Å². The summed E-state index contributed by atoms with van der Waals surface area (Å²) in [5, 5.41) is 10.9. The first kappa shape index (κ1) is 20.5. The number of nitrogens with zero attached hydrogens (tertiary/aromatic N) is 4. The Morgan fingerprint density at radius 3 is 2.02 bits per heavy atom. The molecular weight excluding hydrogens is 488 g/mol. The van der Waals surface area contributed by atoms with Gasteiger partial charge in [-0.05, 0) is 29.7 Å². The van der Waals surface area contributed by atoms with Gasteiger partial charge in [0.1, 0.15) is 0 Å². The first-order chi connectivity index (χ1) is 19.9. The van der Waals surface area contributed by atoms with E-state index in [9.17, 15) is 0 Å². The van der Waals surface area contributed by atoms with E-state index < -0.39 is 0 Å². The van der Waals surface area contributed by atoms with Crippen molar-refractivity contribution in [1.29, 1.82) is 0 Å². The molecule has 4 aromatic heterocycles.